The molecule has 1 amide bonds. The second-order valence-corrected chi connectivity index (χ2v) is 9.60. The van der Waals surface area contributed by atoms with Crippen molar-refractivity contribution in [2.45, 2.75) is 38.1 Å². The maximum atomic E-state index is 13.0. The van der Waals surface area contributed by atoms with Crippen molar-refractivity contribution in [3.63, 3.8) is 0 Å². The minimum atomic E-state index is -0.000957. The van der Waals surface area contributed by atoms with Crippen LogP contribution in [0.3, 0.4) is 0 Å². The van der Waals surface area contributed by atoms with Gasteiger partial charge in [-0.15, -0.1) is 0 Å². The third-order valence-corrected chi connectivity index (χ3v) is 7.20. The molecule has 3 nitrogen and oxygen atoms in total. The molecule has 2 aromatic rings. The molecule has 1 atom stereocenters. The van der Waals surface area contributed by atoms with Gasteiger partial charge < -0.3 is 4.90 Å². The lowest BCUT2D eigenvalue weighted by Gasteiger charge is -2.41. The SMILES string of the molecule is O=C(C1CCCCC1)N1CCN(C(c2ccc(Cl)cc2)c2ccc(Cl)cc2Cl)CC1. The summed E-state index contributed by atoms with van der Waals surface area (Å²) < 4.78 is 0. The topological polar surface area (TPSA) is 23.6 Å². The van der Waals surface area contributed by atoms with Gasteiger partial charge in [-0.25, -0.2) is 0 Å². The normalized spacial score (nSPS) is 19.6. The van der Waals surface area contributed by atoms with Crippen LogP contribution in [0, 0.1) is 5.92 Å². The predicted octanol–water partition coefficient (Wildman–Crippen LogP) is 6.46. The zero-order valence-electron chi connectivity index (χ0n) is 17.0. The molecular formula is C24H27Cl3N2O. The fourth-order valence-corrected chi connectivity index (χ4v) is 5.40. The Balaban J connectivity index is 1.53. The fourth-order valence-electron chi connectivity index (χ4n) is 4.76. The summed E-state index contributed by atoms with van der Waals surface area (Å²) in [6.07, 6.45) is 5.73. The lowest BCUT2D eigenvalue weighted by Crippen LogP contribution is -2.51. The molecule has 2 aliphatic rings. The molecule has 1 unspecified atom stereocenters. The fraction of sp³-hybridized carbons (Fsp3) is 0.458. The molecule has 1 aliphatic heterocycles. The molecule has 0 bridgehead atoms. The molecule has 1 saturated carbocycles. The summed E-state index contributed by atoms with van der Waals surface area (Å²) in [7, 11) is 0. The van der Waals surface area contributed by atoms with Crippen molar-refractivity contribution in [3.05, 3.63) is 68.7 Å². The maximum Gasteiger partial charge on any atom is 0.225 e. The van der Waals surface area contributed by atoms with E-state index in [1.807, 2.05) is 24.3 Å². The Hall–Kier alpha value is -1.26. The van der Waals surface area contributed by atoms with Crippen molar-refractivity contribution in [1.29, 1.82) is 0 Å². The van der Waals surface area contributed by atoms with E-state index in [1.165, 1.54) is 19.3 Å². The summed E-state index contributed by atoms with van der Waals surface area (Å²) in [5, 5.41) is 1.99. The second-order valence-electron chi connectivity index (χ2n) is 8.32. The van der Waals surface area contributed by atoms with Crippen LogP contribution in [-0.4, -0.2) is 41.9 Å². The number of benzene rings is 2. The number of piperazine rings is 1. The van der Waals surface area contributed by atoms with Gasteiger partial charge in [0.1, 0.15) is 0 Å². The van der Waals surface area contributed by atoms with Crippen LogP contribution in [0.5, 0.6) is 0 Å². The van der Waals surface area contributed by atoms with Gasteiger partial charge in [-0.2, -0.15) is 0 Å². The first-order valence-corrected chi connectivity index (χ1v) is 11.9. The number of amides is 1. The highest BCUT2D eigenvalue weighted by Gasteiger charge is 2.32. The van der Waals surface area contributed by atoms with Crippen LogP contribution >= 0.6 is 34.8 Å². The monoisotopic (exact) mass is 464 g/mol. The number of nitrogens with zero attached hydrogens (tertiary/aromatic N) is 2. The number of carbonyl (C=O) groups excluding carboxylic acids is 1. The number of hydrogen-bond acceptors (Lipinski definition) is 2. The first kappa shape index (κ1) is 22.0. The van der Waals surface area contributed by atoms with Gasteiger partial charge in [0.2, 0.25) is 5.91 Å². The highest BCUT2D eigenvalue weighted by Crippen LogP contribution is 2.36. The zero-order valence-corrected chi connectivity index (χ0v) is 19.3. The van der Waals surface area contributed by atoms with Gasteiger partial charge in [-0.1, -0.05) is 72.3 Å². The van der Waals surface area contributed by atoms with Gasteiger partial charge in [0.05, 0.1) is 6.04 Å². The van der Waals surface area contributed by atoms with Gasteiger partial charge in [-0.05, 0) is 48.2 Å². The Kier molecular flexibility index (Phi) is 7.25. The second kappa shape index (κ2) is 9.91. The van der Waals surface area contributed by atoms with Crippen LogP contribution in [0.25, 0.3) is 0 Å². The van der Waals surface area contributed by atoms with Crippen molar-refractivity contribution >= 4 is 40.7 Å². The minimum Gasteiger partial charge on any atom is -0.340 e. The van der Waals surface area contributed by atoms with Gasteiger partial charge in [-0.3, -0.25) is 9.69 Å². The van der Waals surface area contributed by atoms with E-state index < -0.39 is 0 Å². The molecule has 1 saturated heterocycles. The molecule has 1 heterocycles. The lowest BCUT2D eigenvalue weighted by molar-refractivity contribution is -0.138. The summed E-state index contributed by atoms with van der Waals surface area (Å²) in [6, 6.07) is 13.6. The number of hydrogen-bond donors (Lipinski definition) is 0. The van der Waals surface area contributed by atoms with Gasteiger partial charge in [0, 0.05) is 47.2 Å². The van der Waals surface area contributed by atoms with Gasteiger partial charge in [0.15, 0.2) is 0 Å². The summed E-state index contributed by atoms with van der Waals surface area (Å²) in [6.45, 7) is 3.13. The molecule has 4 rings (SSSR count). The van der Waals surface area contributed by atoms with Gasteiger partial charge in [0.25, 0.3) is 0 Å². The largest absolute Gasteiger partial charge is 0.340 e. The third kappa shape index (κ3) is 4.96. The Bertz CT molecular complexity index is 873. The van der Waals surface area contributed by atoms with Crippen LogP contribution < -0.4 is 0 Å². The van der Waals surface area contributed by atoms with E-state index in [0.29, 0.717) is 21.0 Å². The van der Waals surface area contributed by atoms with Gasteiger partial charge >= 0.3 is 0 Å². The predicted molar refractivity (Wildman–Crippen MR) is 124 cm³/mol. The summed E-state index contributed by atoms with van der Waals surface area (Å²) in [5.41, 5.74) is 2.16. The zero-order chi connectivity index (χ0) is 21.1. The van der Waals surface area contributed by atoms with Crippen LogP contribution in [0.4, 0.5) is 0 Å². The summed E-state index contributed by atoms with van der Waals surface area (Å²) in [5.74, 6) is 0.574. The summed E-state index contributed by atoms with van der Waals surface area (Å²) >= 11 is 18.9. The molecule has 0 aromatic heterocycles. The smallest absolute Gasteiger partial charge is 0.225 e. The minimum absolute atomic E-state index is 0.000957. The Morgan fingerprint density at radius 1 is 0.833 bits per heavy atom. The van der Waals surface area contributed by atoms with Crippen molar-refractivity contribution in [3.8, 4) is 0 Å². The van der Waals surface area contributed by atoms with Crippen molar-refractivity contribution in [2.75, 3.05) is 26.2 Å². The Labute approximate surface area is 193 Å². The van der Waals surface area contributed by atoms with E-state index in [2.05, 4.69) is 21.9 Å². The van der Waals surface area contributed by atoms with E-state index in [1.54, 1.807) is 6.07 Å². The first-order chi connectivity index (χ1) is 14.5. The molecule has 2 fully saturated rings. The molecule has 30 heavy (non-hydrogen) atoms. The number of halogens is 3. The van der Waals surface area contributed by atoms with Crippen LogP contribution in [0.15, 0.2) is 42.5 Å². The first-order valence-electron chi connectivity index (χ1n) is 10.8. The van der Waals surface area contributed by atoms with Crippen molar-refractivity contribution in [1.82, 2.24) is 9.80 Å². The van der Waals surface area contributed by atoms with E-state index in [9.17, 15) is 4.79 Å². The number of rotatable bonds is 4. The summed E-state index contributed by atoms with van der Waals surface area (Å²) in [4.78, 5) is 17.4. The molecule has 2 aromatic carbocycles. The molecule has 6 heteroatoms. The number of carbonyl (C=O) groups is 1. The van der Waals surface area contributed by atoms with E-state index in [0.717, 1.165) is 50.1 Å². The van der Waals surface area contributed by atoms with E-state index >= 15 is 0 Å². The van der Waals surface area contributed by atoms with Crippen molar-refractivity contribution in [2.24, 2.45) is 5.92 Å². The quantitative estimate of drug-likeness (QED) is 0.517. The lowest BCUT2D eigenvalue weighted by atomic mass is 9.88. The standard InChI is InChI=1S/C24H27Cl3N2O/c25-19-8-6-17(7-9-19)23(21-11-10-20(26)16-22(21)27)28-12-14-29(15-13-28)24(30)18-4-2-1-3-5-18/h6-11,16,18,23H,1-5,12-15H2. The van der Waals surface area contributed by atoms with E-state index in [4.69, 9.17) is 34.8 Å². The molecule has 0 N–H and O–H groups in total. The maximum absolute atomic E-state index is 13.0. The van der Waals surface area contributed by atoms with Crippen LogP contribution in [-0.2, 0) is 4.79 Å². The molecule has 0 radical (unpaired) electrons. The molecule has 160 valence electrons. The van der Waals surface area contributed by atoms with Crippen LogP contribution in [0.1, 0.15) is 49.3 Å². The molecule has 0 spiro atoms. The Morgan fingerprint density at radius 3 is 2.10 bits per heavy atom. The molecule has 1 aliphatic carbocycles. The highest BCUT2D eigenvalue weighted by molar-refractivity contribution is 6.35. The van der Waals surface area contributed by atoms with Crippen molar-refractivity contribution < 1.29 is 4.79 Å². The molecular weight excluding hydrogens is 439 g/mol. The third-order valence-electron chi connectivity index (χ3n) is 6.39. The average molecular weight is 466 g/mol. The Morgan fingerprint density at radius 2 is 1.47 bits per heavy atom. The van der Waals surface area contributed by atoms with Crippen LogP contribution in [0.2, 0.25) is 15.1 Å². The van der Waals surface area contributed by atoms with E-state index in [-0.39, 0.29) is 12.0 Å². The average Bonchev–Trinajstić information content (AvgIpc) is 2.77. The highest BCUT2D eigenvalue weighted by atomic mass is 35.5.